The van der Waals surface area contributed by atoms with Gasteiger partial charge in [0.25, 0.3) is 0 Å². The van der Waals surface area contributed by atoms with Crippen molar-refractivity contribution >= 4 is 39.5 Å². The summed E-state index contributed by atoms with van der Waals surface area (Å²) >= 11 is 0. The number of unbranched alkanes of at least 4 members (excludes halogenated alkanes) is 43. The molecule has 0 aliphatic heterocycles. The zero-order valence-corrected chi connectivity index (χ0v) is 66.9. The Kier molecular flexibility index (Phi) is 67.8. The number of esters is 4. The van der Waals surface area contributed by atoms with Crippen molar-refractivity contribution in [2.24, 2.45) is 23.7 Å². The van der Waals surface area contributed by atoms with Gasteiger partial charge in [0, 0.05) is 25.7 Å². The molecule has 0 aliphatic carbocycles. The van der Waals surface area contributed by atoms with Gasteiger partial charge in [0.15, 0.2) is 12.2 Å². The molecule has 0 aromatic heterocycles. The predicted molar refractivity (Wildman–Crippen MR) is 404 cm³/mol. The Morgan fingerprint density at radius 1 is 0.253 bits per heavy atom. The monoisotopic (exact) mass is 1450 g/mol. The number of rotatable bonds is 77. The van der Waals surface area contributed by atoms with Crippen molar-refractivity contribution in [1.29, 1.82) is 0 Å². The maximum Gasteiger partial charge on any atom is 0.472 e. The van der Waals surface area contributed by atoms with Crippen LogP contribution in [0.4, 0.5) is 0 Å². The van der Waals surface area contributed by atoms with Crippen LogP contribution in [0, 0.1) is 23.7 Å². The van der Waals surface area contributed by atoms with E-state index in [-0.39, 0.29) is 25.7 Å². The summed E-state index contributed by atoms with van der Waals surface area (Å²) < 4.78 is 68.7. The highest BCUT2D eigenvalue weighted by molar-refractivity contribution is 7.47. The van der Waals surface area contributed by atoms with Gasteiger partial charge in [-0.05, 0) is 49.4 Å². The van der Waals surface area contributed by atoms with Gasteiger partial charge in [0.2, 0.25) is 0 Å². The molecule has 0 saturated heterocycles. The Hall–Kier alpha value is -1.94. The van der Waals surface area contributed by atoms with Crippen LogP contribution < -0.4 is 0 Å². The van der Waals surface area contributed by atoms with Gasteiger partial charge >= 0.3 is 39.5 Å². The van der Waals surface area contributed by atoms with E-state index >= 15 is 0 Å². The molecule has 0 aliphatic rings. The third kappa shape index (κ3) is 74.1. The smallest absolute Gasteiger partial charge is 0.462 e. The van der Waals surface area contributed by atoms with Crippen LogP contribution in [0.3, 0.4) is 0 Å². The Morgan fingerprint density at radius 3 is 0.626 bits per heavy atom. The lowest BCUT2D eigenvalue weighted by Crippen LogP contribution is -2.30. The largest absolute Gasteiger partial charge is 0.472 e. The summed E-state index contributed by atoms with van der Waals surface area (Å²) in [7, 11) is -9.92. The lowest BCUT2D eigenvalue weighted by molar-refractivity contribution is -0.161. The van der Waals surface area contributed by atoms with E-state index in [0.29, 0.717) is 31.6 Å². The Morgan fingerprint density at radius 2 is 0.424 bits per heavy atom. The second kappa shape index (κ2) is 69.1. The number of aliphatic hydroxyl groups excluding tert-OH is 1. The second-order valence-electron chi connectivity index (χ2n) is 30.7. The van der Waals surface area contributed by atoms with E-state index in [1.54, 1.807) is 0 Å². The average molecular weight is 1450 g/mol. The molecular formula is C80H156O17P2. The lowest BCUT2D eigenvalue weighted by Gasteiger charge is -2.21. The summed E-state index contributed by atoms with van der Waals surface area (Å²) in [5.74, 6) is 0.941. The summed E-state index contributed by atoms with van der Waals surface area (Å²) in [6, 6.07) is 0. The highest BCUT2D eigenvalue weighted by Crippen LogP contribution is 2.45. The summed E-state index contributed by atoms with van der Waals surface area (Å²) in [5, 5.41) is 10.6. The van der Waals surface area contributed by atoms with Gasteiger partial charge in [0.1, 0.15) is 19.3 Å². The Labute approximate surface area is 607 Å². The first kappa shape index (κ1) is 97.1. The van der Waals surface area contributed by atoms with Crippen LogP contribution in [-0.2, 0) is 65.4 Å². The molecule has 99 heavy (non-hydrogen) atoms. The molecule has 0 aromatic carbocycles. The van der Waals surface area contributed by atoms with Crippen LogP contribution in [-0.4, -0.2) is 96.7 Å². The van der Waals surface area contributed by atoms with Crippen LogP contribution in [0.5, 0.6) is 0 Å². The molecule has 0 aromatic rings. The minimum atomic E-state index is -4.96. The number of hydrogen-bond donors (Lipinski definition) is 3. The molecule has 19 heteroatoms. The predicted octanol–water partition coefficient (Wildman–Crippen LogP) is 23.6. The summed E-state index contributed by atoms with van der Waals surface area (Å²) in [6.45, 7) is 14.2. The fourth-order valence-electron chi connectivity index (χ4n) is 12.3. The van der Waals surface area contributed by atoms with Crippen LogP contribution in [0.15, 0.2) is 0 Å². The number of phosphoric ester groups is 2. The molecule has 3 unspecified atom stereocenters. The molecule has 0 fully saturated rings. The minimum absolute atomic E-state index is 0.106. The van der Waals surface area contributed by atoms with Gasteiger partial charge in [-0.3, -0.25) is 37.3 Å². The summed E-state index contributed by atoms with van der Waals surface area (Å²) in [4.78, 5) is 73.0. The maximum atomic E-state index is 13.1. The van der Waals surface area contributed by atoms with Gasteiger partial charge in [0.05, 0.1) is 26.4 Å². The molecule has 0 spiro atoms. The highest BCUT2D eigenvalue weighted by Gasteiger charge is 2.30. The first-order valence-corrected chi connectivity index (χ1v) is 44.2. The molecule has 0 rings (SSSR count). The zero-order chi connectivity index (χ0) is 73.1. The number of carbonyl (C=O) groups excluding carboxylic acids is 4. The highest BCUT2D eigenvalue weighted by atomic mass is 31.2. The quantitative estimate of drug-likeness (QED) is 0.0222. The molecule has 0 saturated carbocycles. The molecule has 5 atom stereocenters. The third-order valence-corrected chi connectivity index (χ3v) is 20.5. The van der Waals surface area contributed by atoms with E-state index in [1.165, 1.54) is 205 Å². The molecule has 588 valence electrons. The van der Waals surface area contributed by atoms with Crippen LogP contribution >= 0.6 is 15.6 Å². The van der Waals surface area contributed by atoms with Crippen LogP contribution in [0.25, 0.3) is 0 Å². The van der Waals surface area contributed by atoms with Crippen LogP contribution in [0.2, 0.25) is 0 Å². The molecule has 0 heterocycles. The van der Waals surface area contributed by atoms with E-state index in [0.717, 1.165) is 114 Å². The molecular weight excluding hydrogens is 1290 g/mol. The average Bonchev–Trinajstić information content (AvgIpc) is 1.26. The maximum absolute atomic E-state index is 13.1. The first-order valence-electron chi connectivity index (χ1n) is 41.2. The van der Waals surface area contributed by atoms with Gasteiger partial charge in [-0.2, -0.15) is 0 Å². The van der Waals surface area contributed by atoms with E-state index in [9.17, 15) is 43.2 Å². The Balaban J connectivity index is 5.22. The van der Waals surface area contributed by atoms with Gasteiger partial charge in [-0.15, -0.1) is 0 Å². The number of phosphoric acid groups is 2. The van der Waals surface area contributed by atoms with Gasteiger partial charge in [-0.1, -0.05) is 357 Å². The molecule has 3 N–H and O–H groups in total. The van der Waals surface area contributed by atoms with Crippen molar-refractivity contribution in [3.63, 3.8) is 0 Å². The van der Waals surface area contributed by atoms with Crippen molar-refractivity contribution in [3.05, 3.63) is 0 Å². The first-order chi connectivity index (χ1) is 47.6. The second-order valence-corrected chi connectivity index (χ2v) is 33.6. The van der Waals surface area contributed by atoms with Crippen molar-refractivity contribution in [2.45, 2.75) is 427 Å². The normalized spacial score (nSPS) is 14.1. The van der Waals surface area contributed by atoms with E-state index in [1.807, 2.05) is 0 Å². The molecule has 0 radical (unpaired) electrons. The number of aliphatic hydroxyl groups is 1. The summed E-state index contributed by atoms with van der Waals surface area (Å²) in [6.07, 6.45) is 55.6. The van der Waals surface area contributed by atoms with E-state index in [4.69, 9.17) is 37.0 Å². The molecule has 17 nitrogen and oxygen atoms in total. The molecule has 0 bridgehead atoms. The number of carbonyl (C=O) groups is 4. The Bertz CT molecular complexity index is 1940. The molecule has 0 amide bonds. The standard InChI is InChI=1S/C80H156O17P2/c1-70(2)56-48-40-32-26-20-14-10-9-11-17-24-30-36-46-54-62-80(85)97-76(67-91-78(83)61-53-45-39-38-43-51-59-73(7)8)69-95-99(88,89)93-65-74(81)64-92-98(86,87)94-68-75(96-79(84)63-55-47-37-31-25-19-18-22-28-34-42-50-58-72(5)6)66-90-77(82)60-52-44-35-29-23-16-13-12-15-21-27-33-41-49-57-71(3)4/h70-76,81H,9-69H2,1-8H3,(H,86,87)(H,88,89)/t74?,75-,76-/m1/s1. The van der Waals surface area contributed by atoms with Gasteiger partial charge in [-0.25, -0.2) is 9.13 Å². The van der Waals surface area contributed by atoms with Crippen LogP contribution in [0.1, 0.15) is 409 Å². The number of hydrogen-bond acceptors (Lipinski definition) is 15. The SMILES string of the molecule is CC(C)CCCCCCCCCCCCCCCCCC(=O)O[C@H](COC(=O)CCCCCCCCC(C)C)COP(=O)(O)OCC(O)COP(=O)(O)OC[C@@H](COC(=O)CCCCCCCCCCCCCCCCC(C)C)OC(=O)CCCCCCCCCCCCCCC(C)C. The van der Waals surface area contributed by atoms with Gasteiger partial charge < -0.3 is 33.8 Å². The fraction of sp³-hybridized carbons (Fsp3) is 0.950. The fourth-order valence-corrected chi connectivity index (χ4v) is 13.8. The van der Waals surface area contributed by atoms with Crippen molar-refractivity contribution in [1.82, 2.24) is 0 Å². The lowest BCUT2D eigenvalue weighted by atomic mass is 10.0. The number of ether oxygens (including phenoxy) is 4. The third-order valence-electron chi connectivity index (χ3n) is 18.6. The van der Waals surface area contributed by atoms with E-state index in [2.05, 4.69) is 55.4 Å². The van der Waals surface area contributed by atoms with E-state index < -0.39 is 97.5 Å². The topological polar surface area (TPSA) is 237 Å². The van der Waals surface area contributed by atoms with Crippen molar-refractivity contribution in [3.8, 4) is 0 Å². The van der Waals surface area contributed by atoms with Crippen molar-refractivity contribution in [2.75, 3.05) is 39.6 Å². The summed E-state index contributed by atoms with van der Waals surface area (Å²) in [5.41, 5.74) is 0. The zero-order valence-electron chi connectivity index (χ0n) is 65.1. The van der Waals surface area contributed by atoms with Crippen molar-refractivity contribution < 1.29 is 80.2 Å². The minimum Gasteiger partial charge on any atom is -0.462 e.